The van der Waals surface area contributed by atoms with Gasteiger partial charge in [0.05, 0.1) is 0 Å². The van der Waals surface area contributed by atoms with E-state index in [2.05, 4.69) is 35.6 Å². The molecule has 3 heteroatoms. The Morgan fingerprint density at radius 3 is 2.59 bits per heavy atom. The number of nitrogens with zero attached hydrogens (tertiary/aromatic N) is 1. The van der Waals surface area contributed by atoms with Crippen LogP contribution in [-0.2, 0) is 0 Å². The lowest BCUT2D eigenvalue weighted by molar-refractivity contribution is 0.486. The van der Waals surface area contributed by atoms with Crippen molar-refractivity contribution in [2.75, 3.05) is 12.8 Å². The Kier molecular flexibility index (Phi) is 4.46. The number of hydrogen-bond donors (Lipinski definition) is 1. The van der Waals surface area contributed by atoms with Crippen molar-refractivity contribution in [3.8, 4) is 0 Å². The summed E-state index contributed by atoms with van der Waals surface area (Å²) in [6.45, 7) is 3.36. The Balaban J connectivity index is 1.89. The van der Waals surface area contributed by atoms with E-state index in [9.17, 15) is 0 Å². The lowest BCUT2D eigenvalue weighted by Gasteiger charge is -2.29. The van der Waals surface area contributed by atoms with Crippen LogP contribution in [0, 0.1) is 0 Å². The first-order valence-corrected chi connectivity index (χ1v) is 7.67. The van der Waals surface area contributed by atoms with Crippen LogP contribution in [0.5, 0.6) is 0 Å². The summed E-state index contributed by atoms with van der Waals surface area (Å²) in [4.78, 5) is 4.06. The average molecular weight is 250 g/mol. The molecule has 0 aromatic carbocycles. The van der Waals surface area contributed by atoms with Gasteiger partial charge in [0.15, 0.2) is 0 Å². The molecule has 0 radical (unpaired) electrons. The number of aromatic nitrogens is 1. The normalized spacial score (nSPS) is 20.4. The van der Waals surface area contributed by atoms with Crippen LogP contribution in [0.1, 0.15) is 44.2 Å². The van der Waals surface area contributed by atoms with Crippen molar-refractivity contribution in [1.82, 2.24) is 10.3 Å². The van der Waals surface area contributed by atoms with Gasteiger partial charge < -0.3 is 5.32 Å². The van der Waals surface area contributed by atoms with E-state index in [1.807, 2.05) is 24.2 Å². The van der Waals surface area contributed by atoms with Crippen LogP contribution in [0.25, 0.3) is 0 Å². The third kappa shape index (κ3) is 3.23. The molecule has 0 aliphatic heterocycles. The van der Waals surface area contributed by atoms with Gasteiger partial charge in [-0.3, -0.25) is 4.98 Å². The molecule has 0 spiro atoms. The second-order valence-electron chi connectivity index (χ2n) is 4.98. The lowest BCUT2D eigenvalue weighted by Crippen LogP contribution is -2.36. The van der Waals surface area contributed by atoms with E-state index in [1.54, 1.807) is 0 Å². The predicted octanol–water partition coefficient (Wildman–Crippen LogP) is 3.41. The highest BCUT2D eigenvalue weighted by Crippen LogP contribution is 2.39. The first-order valence-electron chi connectivity index (χ1n) is 6.44. The van der Waals surface area contributed by atoms with E-state index in [0.717, 1.165) is 6.54 Å². The molecule has 0 saturated heterocycles. The molecule has 1 aromatic heterocycles. The summed E-state index contributed by atoms with van der Waals surface area (Å²) in [5.74, 6) is 0. The van der Waals surface area contributed by atoms with Crippen molar-refractivity contribution in [3.63, 3.8) is 0 Å². The zero-order valence-electron chi connectivity index (χ0n) is 10.8. The third-order valence-corrected chi connectivity index (χ3v) is 5.30. The Bertz CT molecular complexity index is 333. The monoisotopic (exact) mass is 250 g/mol. The van der Waals surface area contributed by atoms with Crippen LogP contribution in [0.15, 0.2) is 24.5 Å². The largest absolute Gasteiger partial charge is 0.309 e. The van der Waals surface area contributed by atoms with Crippen LogP contribution in [0.3, 0.4) is 0 Å². The average Bonchev–Trinajstić information content (AvgIpc) is 2.86. The summed E-state index contributed by atoms with van der Waals surface area (Å²) < 4.78 is 0.487. The lowest BCUT2D eigenvalue weighted by atomic mass is 10.1. The molecule has 0 bridgehead atoms. The van der Waals surface area contributed by atoms with E-state index < -0.39 is 0 Å². The summed E-state index contributed by atoms with van der Waals surface area (Å²) >= 11 is 2.04. The molecule has 1 aromatic rings. The molecular formula is C14H22N2S. The van der Waals surface area contributed by atoms with Gasteiger partial charge in [-0.2, -0.15) is 11.8 Å². The van der Waals surface area contributed by atoms with E-state index in [0.29, 0.717) is 10.8 Å². The zero-order valence-corrected chi connectivity index (χ0v) is 11.6. The number of thioether (sulfide) groups is 1. The van der Waals surface area contributed by atoms with Crippen LogP contribution in [0.2, 0.25) is 0 Å². The molecule has 1 atom stereocenters. The molecule has 1 unspecified atom stereocenters. The smallest absolute Gasteiger partial charge is 0.0293 e. The van der Waals surface area contributed by atoms with Crippen molar-refractivity contribution < 1.29 is 0 Å². The minimum absolute atomic E-state index is 0.419. The summed E-state index contributed by atoms with van der Waals surface area (Å²) in [5, 5.41) is 3.68. The fourth-order valence-corrected chi connectivity index (χ4v) is 3.51. The summed E-state index contributed by atoms with van der Waals surface area (Å²) in [6, 6.07) is 4.61. The highest BCUT2D eigenvalue weighted by atomic mass is 32.2. The fourth-order valence-electron chi connectivity index (χ4n) is 2.58. The maximum atomic E-state index is 4.06. The molecule has 2 rings (SSSR count). The second-order valence-corrected chi connectivity index (χ2v) is 6.25. The fraction of sp³-hybridized carbons (Fsp3) is 0.643. The van der Waals surface area contributed by atoms with Crippen LogP contribution < -0.4 is 5.32 Å². The van der Waals surface area contributed by atoms with Gasteiger partial charge in [0.1, 0.15) is 0 Å². The summed E-state index contributed by atoms with van der Waals surface area (Å²) in [6.07, 6.45) is 11.5. The summed E-state index contributed by atoms with van der Waals surface area (Å²) in [7, 11) is 0. The van der Waals surface area contributed by atoms with E-state index in [4.69, 9.17) is 0 Å². The molecule has 0 amide bonds. The minimum atomic E-state index is 0.419. The quantitative estimate of drug-likeness (QED) is 0.867. The number of pyridine rings is 1. The van der Waals surface area contributed by atoms with Gasteiger partial charge in [0.25, 0.3) is 0 Å². The first kappa shape index (κ1) is 12.9. The molecule has 1 saturated carbocycles. The maximum absolute atomic E-state index is 4.06. The molecule has 1 N–H and O–H groups in total. The van der Waals surface area contributed by atoms with Crippen molar-refractivity contribution in [2.24, 2.45) is 0 Å². The molecule has 17 heavy (non-hydrogen) atoms. The SMILES string of the molecule is CSC1(CNC(C)c2ccncc2)CCCC1. The standard InChI is InChI=1S/C14H22N2S/c1-12(13-5-9-15-10-6-13)16-11-14(17-2)7-3-4-8-14/h5-6,9-10,12,16H,3-4,7-8,11H2,1-2H3. The van der Waals surface area contributed by atoms with Crippen molar-refractivity contribution in [2.45, 2.75) is 43.4 Å². The number of hydrogen-bond acceptors (Lipinski definition) is 3. The zero-order chi connectivity index (χ0) is 12.1. The number of nitrogens with one attached hydrogen (secondary N) is 1. The van der Waals surface area contributed by atoms with Gasteiger partial charge in [-0.1, -0.05) is 12.8 Å². The van der Waals surface area contributed by atoms with E-state index in [-0.39, 0.29) is 0 Å². The van der Waals surface area contributed by atoms with Crippen molar-refractivity contribution in [3.05, 3.63) is 30.1 Å². The molecule has 1 aliphatic carbocycles. The van der Waals surface area contributed by atoms with Gasteiger partial charge in [-0.15, -0.1) is 0 Å². The maximum Gasteiger partial charge on any atom is 0.0293 e. The summed E-state index contributed by atoms with van der Waals surface area (Å²) in [5.41, 5.74) is 1.33. The van der Waals surface area contributed by atoms with E-state index >= 15 is 0 Å². The molecule has 2 nitrogen and oxygen atoms in total. The van der Waals surface area contributed by atoms with Gasteiger partial charge >= 0.3 is 0 Å². The van der Waals surface area contributed by atoms with Gasteiger partial charge in [0, 0.05) is 29.7 Å². The topological polar surface area (TPSA) is 24.9 Å². The predicted molar refractivity (Wildman–Crippen MR) is 75.4 cm³/mol. The Labute approximate surface area is 109 Å². The third-order valence-electron chi connectivity index (χ3n) is 3.88. The van der Waals surface area contributed by atoms with Gasteiger partial charge in [-0.05, 0) is 43.7 Å². The van der Waals surface area contributed by atoms with Crippen LogP contribution >= 0.6 is 11.8 Å². The molecule has 94 valence electrons. The molecule has 1 fully saturated rings. The Hall–Kier alpha value is -0.540. The number of rotatable bonds is 5. The van der Waals surface area contributed by atoms with Gasteiger partial charge in [0.2, 0.25) is 0 Å². The first-order chi connectivity index (χ1) is 8.26. The molecular weight excluding hydrogens is 228 g/mol. The molecule has 1 heterocycles. The molecule has 1 aliphatic rings. The van der Waals surface area contributed by atoms with Gasteiger partial charge in [-0.25, -0.2) is 0 Å². The highest BCUT2D eigenvalue weighted by Gasteiger charge is 2.32. The van der Waals surface area contributed by atoms with Crippen molar-refractivity contribution in [1.29, 1.82) is 0 Å². The van der Waals surface area contributed by atoms with Crippen LogP contribution in [-0.4, -0.2) is 22.5 Å². The van der Waals surface area contributed by atoms with Crippen LogP contribution in [0.4, 0.5) is 0 Å². The van der Waals surface area contributed by atoms with E-state index in [1.165, 1.54) is 31.2 Å². The Morgan fingerprint density at radius 1 is 1.35 bits per heavy atom. The highest BCUT2D eigenvalue weighted by molar-refractivity contribution is 8.00. The second kappa shape index (κ2) is 5.87. The minimum Gasteiger partial charge on any atom is -0.309 e. The Morgan fingerprint density at radius 2 is 2.00 bits per heavy atom. The van der Waals surface area contributed by atoms with Crippen molar-refractivity contribution >= 4 is 11.8 Å².